The summed E-state index contributed by atoms with van der Waals surface area (Å²) in [6, 6.07) is 17.7. The standard InChI is InChI=1S/C29H26FNO4S/c1-18-4-6-19(7-5-18)12-21(32)15-22(36)13-20-8-9-27(24(30)14-20)35-26-10-11-31-25-17-29(34-3)28(33-2)16-23(25)26/h4-11,14,16-17H,12-13,15H2,1-3H3. The topological polar surface area (TPSA) is 57.7 Å². The van der Waals surface area contributed by atoms with Gasteiger partial charge in [-0.2, -0.15) is 0 Å². The van der Waals surface area contributed by atoms with Crippen LogP contribution in [0, 0.1) is 12.7 Å². The van der Waals surface area contributed by atoms with E-state index >= 15 is 0 Å². The zero-order chi connectivity index (χ0) is 25.7. The highest BCUT2D eigenvalue weighted by molar-refractivity contribution is 7.80. The molecule has 4 aromatic rings. The summed E-state index contributed by atoms with van der Waals surface area (Å²) < 4.78 is 31.5. The van der Waals surface area contributed by atoms with Gasteiger partial charge in [0, 0.05) is 41.8 Å². The Morgan fingerprint density at radius 2 is 1.56 bits per heavy atom. The van der Waals surface area contributed by atoms with Crippen molar-refractivity contribution < 1.29 is 23.4 Å². The van der Waals surface area contributed by atoms with Crippen molar-refractivity contribution in [2.24, 2.45) is 0 Å². The first-order chi connectivity index (χ1) is 17.4. The Bertz CT molecular complexity index is 1420. The van der Waals surface area contributed by atoms with Crippen LogP contribution < -0.4 is 14.2 Å². The number of aryl methyl sites for hydroxylation is 1. The molecule has 36 heavy (non-hydrogen) atoms. The van der Waals surface area contributed by atoms with E-state index in [1.807, 2.05) is 31.2 Å². The van der Waals surface area contributed by atoms with Gasteiger partial charge in [-0.3, -0.25) is 9.78 Å². The Kier molecular flexibility index (Phi) is 7.90. The second-order valence-electron chi connectivity index (χ2n) is 8.49. The van der Waals surface area contributed by atoms with Gasteiger partial charge in [-0.15, -0.1) is 0 Å². The number of fused-ring (bicyclic) bond motifs is 1. The summed E-state index contributed by atoms with van der Waals surface area (Å²) in [7, 11) is 3.09. The number of rotatable bonds is 10. The average molecular weight is 504 g/mol. The lowest BCUT2D eigenvalue weighted by Crippen LogP contribution is -2.11. The van der Waals surface area contributed by atoms with Crippen LogP contribution in [0.15, 0.2) is 66.9 Å². The Morgan fingerprint density at radius 1 is 0.861 bits per heavy atom. The normalized spacial score (nSPS) is 10.8. The van der Waals surface area contributed by atoms with E-state index < -0.39 is 5.82 Å². The number of thiocarbonyl (C=S) groups is 1. The van der Waals surface area contributed by atoms with Crippen LogP contribution in [0.4, 0.5) is 4.39 Å². The number of benzene rings is 3. The van der Waals surface area contributed by atoms with E-state index in [1.54, 1.807) is 50.7 Å². The van der Waals surface area contributed by atoms with Gasteiger partial charge in [-0.05, 0) is 42.3 Å². The number of aromatic nitrogens is 1. The molecule has 7 heteroatoms. The minimum atomic E-state index is -0.522. The maximum atomic E-state index is 14.9. The zero-order valence-electron chi connectivity index (χ0n) is 20.3. The second-order valence-corrected chi connectivity index (χ2v) is 9.07. The number of hydrogen-bond donors (Lipinski definition) is 0. The Hall–Kier alpha value is -3.84. The van der Waals surface area contributed by atoms with Crippen molar-refractivity contribution in [1.29, 1.82) is 0 Å². The molecule has 184 valence electrons. The van der Waals surface area contributed by atoms with Crippen molar-refractivity contribution in [3.63, 3.8) is 0 Å². The maximum absolute atomic E-state index is 14.9. The predicted molar refractivity (Wildman–Crippen MR) is 142 cm³/mol. The van der Waals surface area contributed by atoms with Crippen molar-refractivity contribution >= 4 is 33.8 Å². The van der Waals surface area contributed by atoms with E-state index in [-0.39, 0.29) is 18.0 Å². The van der Waals surface area contributed by atoms with E-state index in [9.17, 15) is 9.18 Å². The molecule has 0 radical (unpaired) electrons. The fourth-order valence-electron chi connectivity index (χ4n) is 3.90. The van der Waals surface area contributed by atoms with Gasteiger partial charge in [0.1, 0.15) is 11.5 Å². The van der Waals surface area contributed by atoms with Crippen molar-refractivity contribution in [2.75, 3.05) is 14.2 Å². The van der Waals surface area contributed by atoms with Crippen LogP contribution in [0.1, 0.15) is 23.1 Å². The highest BCUT2D eigenvalue weighted by Gasteiger charge is 2.14. The number of hydrogen-bond acceptors (Lipinski definition) is 6. The molecule has 1 aromatic heterocycles. The average Bonchev–Trinajstić information content (AvgIpc) is 2.86. The first-order valence-corrected chi connectivity index (χ1v) is 11.8. The molecule has 0 aliphatic heterocycles. The van der Waals surface area contributed by atoms with Crippen LogP contribution in [-0.2, 0) is 17.6 Å². The Morgan fingerprint density at radius 3 is 2.25 bits per heavy atom. The van der Waals surface area contributed by atoms with Crippen molar-refractivity contribution in [3.05, 3.63) is 89.4 Å². The number of ketones is 1. The molecule has 0 bridgehead atoms. The quantitative estimate of drug-likeness (QED) is 0.227. The fourth-order valence-corrected chi connectivity index (χ4v) is 4.23. The summed E-state index contributed by atoms with van der Waals surface area (Å²) in [4.78, 5) is 17.3. The van der Waals surface area contributed by atoms with E-state index in [4.69, 9.17) is 26.4 Å². The number of nitrogens with zero attached hydrogens (tertiary/aromatic N) is 1. The van der Waals surface area contributed by atoms with Crippen molar-refractivity contribution in [1.82, 2.24) is 4.98 Å². The zero-order valence-corrected chi connectivity index (χ0v) is 21.2. The summed E-state index contributed by atoms with van der Waals surface area (Å²) >= 11 is 5.42. The summed E-state index contributed by atoms with van der Waals surface area (Å²) in [6.07, 6.45) is 2.43. The largest absolute Gasteiger partial charge is 0.493 e. The lowest BCUT2D eigenvalue weighted by atomic mass is 10.0. The van der Waals surface area contributed by atoms with E-state index in [0.717, 1.165) is 11.1 Å². The molecule has 0 saturated carbocycles. The third kappa shape index (κ3) is 6.04. The first kappa shape index (κ1) is 25.3. The molecule has 1 heterocycles. The van der Waals surface area contributed by atoms with Gasteiger partial charge in [0.15, 0.2) is 23.1 Å². The van der Waals surface area contributed by atoms with Crippen molar-refractivity contribution in [2.45, 2.75) is 26.2 Å². The van der Waals surface area contributed by atoms with E-state index in [1.165, 1.54) is 6.07 Å². The van der Waals surface area contributed by atoms with Crippen LogP contribution >= 0.6 is 12.2 Å². The van der Waals surface area contributed by atoms with Crippen LogP contribution in [-0.4, -0.2) is 29.9 Å². The third-order valence-corrected chi connectivity index (χ3v) is 6.03. The Labute approximate surface area is 214 Å². The molecular formula is C29H26FNO4S. The van der Waals surface area contributed by atoms with Gasteiger partial charge in [-0.1, -0.05) is 48.1 Å². The lowest BCUT2D eigenvalue weighted by molar-refractivity contribution is -0.117. The highest BCUT2D eigenvalue weighted by atomic mass is 32.1. The molecule has 0 fully saturated rings. The highest BCUT2D eigenvalue weighted by Crippen LogP contribution is 2.37. The van der Waals surface area contributed by atoms with Gasteiger partial charge >= 0.3 is 0 Å². The van der Waals surface area contributed by atoms with Crippen LogP contribution in [0.2, 0.25) is 0 Å². The van der Waals surface area contributed by atoms with Gasteiger partial charge in [-0.25, -0.2) is 4.39 Å². The number of Topliss-reactive ketones (excluding diaryl/α,β-unsaturated/α-hetero) is 1. The number of carbonyl (C=O) groups excluding carboxylic acids is 1. The van der Waals surface area contributed by atoms with Gasteiger partial charge in [0.2, 0.25) is 0 Å². The molecule has 3 aromatic carbocycles. The molecule has 0 atom stereocenters. The summed E-state index contributed by atoms with van der Waals surface area (Å²) in [6.45, 7) is 2.00. The third-order valence-electron chi connectivity index (χ3n) is 5.74. The molecular weight excluding hydrogens is 477 g/mol. The van der Waals surface area contributed by atoms with E-state index in [0.29, 0.717) is 51.4 Å². The van der Waals surface area contributed by atoms with Crippen LogP contribution in [0.5, 0.6) is 23.0 Å². The molecule has 0 unspecified atom stereocenters. The van der Waals surface area contributed by atoms with Crippen molar-refractivity contribution in [3.8, 4) is 23.0 Å². The number of halogens is 1. The monoisotopic (exact) mass is 503 g/mol. The number of pyridine rings is 1. The van der Waals surface area contributed by atoms with Crippen LogP contribution in [0.3, 0.4) is 0 Å². The SMILES string of the molecule is COc1cc2nccc(Oc3ccc(CC(=S)CC(=O)Cc4ccc(C)cc4)cc3F)c2cc1OC. The summed E-state index contributed by atoms with van der Waals surface area (Å²) in [5, 5.41) is 0.659. The molecule has 0 aliphatic rings. The second kappa shape index (κ2) is 11.3. The number of carbonyl (C=O) groups is 1. The number of methoxy groups -OCH3 is 2. The molecule has 4 rings (SSSR count). The molecule has 0 spiro atoms. The molecule has 0 N–H and O–H groups in total. The van der Waals surface area contributed by atoms with Crippen LogP contribution in [0.25, 0.3) is 10.9 Å². The summed E-state index contributed by atoms with van der Waals surface area (Å²) in [5.41, 5.74) is 3.41. The molecule has 0 aliphatic carbocycles. The smallest absolute Gasteiger partial charge is 0.166 e. The Balaban J connectivity index is 1.44. The minimum absolute atomic E-state index is 0.0425. The molecule has 5 nitrogen and oxygen atoms in total. The fraction of sp³-hybridized carbons (Fsp3) is 0.207. The number of ether oxygens (including phenoxy) is 3. The van der Waals surface area contributed by atoms with Gasteiger partial charge in [0.25, 0.3) is 0 Å². The minimum Gasteiger partial charge on any atom is -0.493 e. The predicted octanol–water partition coefficient (Wildman–Crippen LogP) is 6.61. The summed E-state index contributed by atoms with van der Waals surface area (Å²) in [5.74, 6) is 1.09. The lowest BCUT2D eigenvalue weighted by Gasteiger charge is -2.13. The first-order valence-electron chi connectivity index (χ1n) is 11.4. The maximum Gasteiger partial charge on any atom is 0.166 e. The molecule has 0 amide bonds. The van der Waals surface area contributed by atoms with E-state index in [2.05, 4.69) is 4.98 Å². The van der Waals surface area contributed by atoms with Gasteiger partial charge < -0.3 is 14.2 Å². The molecule has 0 saturated heterocycles. The van der Waals surface area contributed by atoms with Gasteiger partial charge in [0.05, 0.1) is 19.7 Å².